The molecule has 1 aromatic rings. The highest BCUT2D eigenvalue weighted by Gasteiger charge is 2.38. The van der Waals surface area contributed by atoms with Gasteiger partial charge < -0.3 is 4.74 Å². The Morgan fingerprint density at radius 1 is 1.36 bits per heavy atom. The summed E-state index contributed by atoms with van der Waals surface area (Å²) in [6, 6.07) is 10.5. The van der Waals surface area contributed by atoms with Crippen LogP contribution in [0.1, 0.15) is 31.9 Å². The third-order valence-corrected chi connectivity index (χ3v) is 2.93. The standard InChI is InChI=1S/C12H15NO/c1-3-12(2)11(13-9-14-12)10-7-5-4-6-8-10/h4-9,11H,3H2,1-2H3. The van der Waals surface area contributed by atoms with Crippen LogP contribution in [0.15, 0.2) is 35.3 Å². The average molecular weight is 189 g/mol. The van der Waals surface area contributed by atoms with Gasteiger partial charge in [-0.05, 0) is 18.9 Å². The van der Waals surface area contributed by atoms with Crippen LogP contribution in [0.4, 0.5) is 0 Å². The fraction of sp³-hybridized carbons (Fsp3) is 0.417. The molecule has 0 aliphatic carbocycles. The molecule has 2 rings (SSSR count). The first-order valence-electron chi connectivity index (χ1n) is 5.00. The molecule has 74 valence electrons. The van der Waals surface area contributed by atoms with Crippen molar-refractivity contribution >= 4 is 6.40 Å². The van der Waals surface area contributed by atoms with Gasteiger partial charge >= 0.3 is 0 Å². The van der Waals surface area contributed by atoms with Crippen molar-refractivity contribution in [3.05, 3.63) is 35.9 Å². The molecule has 1 aromatic carbocycles. The van der Waals surface area contributed by atoms with Crippen LogP contribution in [0.5, 0.6) is 0 Å². The molecule has 0 saturated carbocycles. The lowest BCUT2D eigenvalue weighted by atomic mass is 9.89. The van der Waals surface area contributed by atoms with E-state index in [9.17, 15) is 0 Å². The largest absolute Gasteiger partial charge is 0.475 e. The van der Waals surface area contributed by atoms with Crippen molar-refractivity contribution in [3.63, 3.8) is 0 Å². The maximum absolute atomic E-state index is 5.56. The van der Waals surface area contributed by atoms with Crippen molar-refractivity contribution < 1.29 is 4.74 Å². The Balaban J connectivity index is 2.31. The highest BCUT2D eigenvalue weighted by atomic mass is 16.5. The summed E-state index contributed by atoms with van der Waals surface area (Å²) in [6.45, 7) is 4.24. The molecule has 0 fully saturated rings. The monoisotopic (exact) mass is 189 g/mol. The first-order valence-corrected chi connectivity index (χ1v) is 5.00. The minimum absolute atomic E-state index is 0.147. The molecule has 1 aliphatic heterocycles. The molecule has 2 unspecified atom stereocenters. The quantitative estimate of drug-likeness (QED) is 0.701. The van der Waals surface area contributed by atoms with Crippen LogP contribution in [0, 0.1) is 0 Å². The van der Waals surface area contributed by atoms with E-state index in [2.05, 4.69) is 31.0 Å². The van der Waals surface area contributed by atoms with Crippen LogP contribution in [0.25, 0.3) is 0 Å². The topological polar surface area (TPSA) is 21.6 Å². The third kappa shape index (κ3) is 1.41. The number of hydrogen-bond acceptors (Lipinski definition) is 2. The van der Waals surface area contributed by atoms with Crippen molar-refractivity contribution in [1.29, 1.82) is 0 Å². The zero-order valence-corrected chi connectivity index (χ0v) is 8.60. The first kappa shape index (κ1) is 9.25. The van der Waals surface area contributed by atoms with E-state index in [1.54, 1.807) is 6.40 Å². The molecule has 0 saturated heterocycles. The Bertz CT molecular complexity index is 333. The van der Waals surface area contributed by atoms with E-state index < -0.39 is 0 Å². The van der Waals surface area contributed by atoms with Crippen LogP contribution in [-0.4, -0.2) is 12.0 Å². The zero-order valence-electron chi connectivity index (χ0n) is 8.60. The molecule has 2 atom stereocenters. The van der Waals surface area contributed by atoms with Gasteiger partial charge in [0.15, 0.2) is 6.40 Å². The van der Waals surface area contributed by atoms with Gasteiger partial charge in [0.05, 0.1) is 0 Å². The maximum atomic E-state index is 5.56. The Hall–Kier alpha value is -1.31. The molecular weight excluding hydrogens is 174 g/mol. The lowest BCUT2D eigenvalue weighted by Gasteiger charge is -2.27. The summed E-state index contributed by atoms with van der Waals surface area (Å²) in [7, 11) is 0. The normalized spacial score (nSPS) is 30.3. The number of benzene rings is 1. The van der Waals surface area contributed by atoms with Crippen LogP contribution < -0.4 is 0 Å². The fourth-order valence-corrected chi connectivity index (χ4v) is 1.78. The second-order valence-electron chi connectivity index (χ2n) is 3.85. The highest BCUT2D eigenvalue weighted by molar-refractivity contribution is 5.52. The molecule has 0 N–H and O–H groups in total. The van der Waals surface area contributed by atoms with Gasteiger partial charge in [-0.2, -0.15) is 0 Å². The summed E-state index contributed by atoms with van der Waals surface area (Å²) in [5, 5.41) is 0. The Labute approximate surface area is 84.6 Å². The van der Waals surface area contributed by atoms with Crippen LogP contribution >= 0.6 is 0 Å². The van der Waals surface area contributed by atoms with Gasteiger partial charge in [-0.25, -0.2) is 4.99 Å². The van der Waals surface area contributed by atoms with Crippen molar-refractivity contribution in [2.45, 2.75) is 31.9 Å². The van der Waals surface area contributed by atoms with Crippen molar-refractivity contribution in [2.75, 3.05) is 0 Å². The average Bonchev–Trinajstić information content (AvgIpc) is 2.63. The van der Waals surface area contributed by atoms with Gasteiger partial charge in [-0.1, -0.05) is 37.3 Å². The molecular formula is C12H15NO. The fourth-order valence-electron chi connectivity index (χ4n) is 1.78. The van der Waals surface area contributed by atoms with Crippen LogP contribution in [-0.2, 0) is 4.74 Å². The molecule has 0 aromatic heterocycles. The molecule has 2 heteroatoms. The second kappa shape index (κ2) is 3.45. The maximum Gasteiger partial charge on any atom is 0.171 e. The number of ether oxygens (including phenoxy) is 1. The number of nitrogens with zero attached hydrogens (tertiary/aromatic N) is 1. The lowest BCUT2D eigenvalue weighted by molar-refractivity contribution is 0.0774. The van der Waals surface area contributed by atoms with Gasteiger partial charge in [0.25, 0.3) is 0 Å². The molecule has 0 amide bonds. The SMILES string of the molecule is CCC1(C)OC=NC1c1ccccc1. The predicted octanol–water partition coefficient (Wildman–Crippen LogP) is 2.95. The Morgan fingerprint density at radius 2 is 2.07 bits per heavy atom. The first-order chi connectivity index (χ1) is 6.76. The third-order valence-electron chi connectivity index (χ3n) is 2.93. The smallest absolute Gasteiger partial charge is 0.171 e. The summed E-state index contributed by atoms with van der Waals surface area (Å²) in [5.74, 6) is 0. The predicted molar refractivity (Wildman–Crippen MR) is 57.5 cm³/mol. The van der Waals surface area contributed by atoms with Gasteiger partial charge in [0, 0.05) is 0 Å². The summed E-state index contributed by atoms with van der Waals surface area (Å²) in [5.41, 5.74) is 1.06. The van der Waals surface area contributed by atoms with Crippen molar-refractivity contribution in [2.24, 2.45) is 4.99 Å². The second-order valence-corrected chi connectivity index (χ2v) is 3.85. The summed E-state index contributed by atoms with van der Waals surface area (Å²) in [4.78, 5) is 4.38. The van der Waals surface area contributed by atoms with Crippen LogP contribution in [0.2, 0.25) is 0 Å². The van der Waals surface area contributed by atoms with Gasteiger partial charge in [-0.3, -0.25) is 0 Å². The van der Waals surface area contributed by atoms with E-state index >= 15 is 0 Å². The Kier molecular flexibility index (Phi) is 2.28. The van der Waals surface area contributed by atoms with E-state index in [0.717, 1.165) is 6.42 Å². The number of rotatable bonds is 2. The molecule has 0 spiro atoms. The van der Waals surface area contributed by atoms with Gasteiger partial charge in [0.1, 0.15) is 11.6 Å². The van der Waals surface area contributed by atoms with E-state index in [-0.39, 0.29) is 11.6 Å². The van der Waals surface area contributed by atoms with Crippen molar-refractivity contribution in [3.8, 4) is 0 Å². The lowest BCUT2D eigenvalue weighted by Crippen LogP contribution is -2.29. The molecule has 1 heterocycles. The van der Waals surface area contributed by atoms with Crippen LogP contribution in [0.3, 0.4) is 0 Å². The highest BCUT2D eigenvalue weighted by Crippen LogP contribution is 2.37. The molecule has 0 bridgehead atoms. The number of aliphatic imine (C=N–C) groups is 1. The van der Waals surface area contributed by atoms with Gasteiger partial charge in [0.2, 0.25) is 0 Å². The van der Waals surface area contributed by atoms with E-state index in [4.69, 9.17) is 4.74 Å². The minimum atomic E-state index is -0.165. The van der Waals surface area contributed by atoms with Crippen molar-refractivity contribution in [1.82, 2.24) is 0 Å². The Morgan fingerprint density at radius 3 is 2.71 bits per heavy atom. The van der Waals surface area contributed by atoms with E-state index in [0.29, 0.717) is 0 Å². The summed E-state index contributed by atoms with van der Waals surface area (Å²) >= 11 is 0. The minimum Gasteiger partial charge on any atom is -0.475 e. The van der Waals surface area contributed by atoms with E-state index in [1.165, 1.54) is 5.56 Å². The molecule has 2 nitrogen and oxygen atoms in total. The number of hydrogen-bond donors (Lipinski definition) is 0. The summed E-state index contributed by atoms with van der Waals surface area (Å²) < 4.78 is 5.56. The van der Waals surface area contributed by atoms with E-state index in [1.807, 2.05) is 18.2 Å². The summed E-state index contributed by atoms with van der Waals surface area (Å²) in [6.07, 6.45) is 2.55. The van der Waals surface area contributed by atoms with Gasteiger partial charge in [-0.15, -0.1) is 0 Å². The molecule has 1 aliphatic rings. The molecule has 14 heavy (non-hydrogen) atoms. The zero-order chi connectivity index (χ0) is 10.0. The molecule has 0 radical (unpaired) electrons.